The molecule has 0 radical (unpaired) electrons. The number of aromatic nitrogens is 1. The van der Waals surface area contributed by atoms with Gasteiger partial charge in [0.1, 0.15) is 23.0 Å². The van der Waals surface area contributed by atoms with E-state index in [-0.39, 0.29) is 11.5 Å². The number of primary amides is 1. The number of benzene rings is 4. The van der Waals surface area contributed by atoms with Crippen molar-refractivity contribution in [2.45, 2.75) is 0 Å². The lowest BCUT2D eigenvalue weighted by atomic mass is 10.1. The van der Waals surface area contributed by atoms with Gasteiger partial charge in [0, 0.05) is 39.7 Å². The van der Waals surface area contributed by atoms with Gasteiger partial charge in [0.25, 0.3) is 11.8 Å². The smallest absolute Gasteiger partial charge is 0.255 e. The number of carbonyl (C=O) groups is 2. The highest BCUT2D eigenvalue weighted by Gasteiger charge is 2.16. The van der Waals surface area contributed by atoms with E-state index in [2.05, 4.69) is 10.3 Å². The number of nitrogens with one attached hydrogen (secondary N) is 1. The number of hydrogen-bond donors (Lipinski definition) is 2. The molecule has 2 amide bonds. The summed E-state index contributed by atoms with van der Waals surface area (Å²) in [6.45, 7) is 0. The fourth-order valence-corrected chi connectivity index (χ4v) is 4.15. The Morgan fingerprint density at radius 2 is 1.57 bits per heavy atom. The van der Waals surface area contributed by atoms with Crippen molar-refractivity contribution < 1.29 is 23.8 Å². The summed E-state index contributed by atoms with van der Waals surface area (Å²) < 4.78 is 16.9. The van der Waals surface area contributed by atoms with Gasteiger partial charge in [-0.2, -0.15) is 0 Å². The minimum atomic E-state index is -0.616. The van der Waals surface area contributed by atoms with Crippen molar-refractivity contribution in [1.82, 2.24) is 4.98 Å². The zero-order valence-corrected chi connectivity index (χ0v) is 20.1. The molecule has 0 saturated heterocycles. The van der Waals surface area contributed by atoms with Crippen molar-refractivity contribution in [3.8, 4) is 23.0 Å². The molecule has 4 aromatic carbocycles. The maximum Gasteiger partial charge on any atom is 0.255 e. The number of pyridine rings is 1. The summed E-state index contributed by atoms with van der Waals surface area (Å²) in [5, 5.41) is 5.18. The van der Waals surface area contributed by atoms with Gasteiger partial charge in [-0.3, -0.25) is 14.6 Å². The van der Waals surface area contributed by atoms with E-state index < -0.39 is 5.91 Å². The third-order valence-corrected chi connectivity index (χ3v) is 5.97. The predicted octanol–water partition coefficient (Wildman–Crippen LogP) is 5.55. The molecule has 0 bridgehead atoms. The lowest BCUT2D eigenvalue weighted by molar-refractivity contribution is 0.0995. The molecule has 0 aliphatic rings. The van der Waals surface area contributed by atoms with E-state index in [1.165, 1.54) is 7.11 Å². The van der Waals surface area contributed by atoms with E-state index in [0.717, 1.165) is 10.8 Å². The number of anilines is 1. The summed E-state index contributed by atoms with van der Waals surface area (Å²) in [7, 11) is 3.02. The quantitative estimate of drug-likeness (QED) is 0.307. The molecular weight excluding hydrogens is 470 g/mol. The van der Waals surface area contributed by atoms with E-state index in [9.17, 15) is 9.59 Å². The SMILES string of the molecule is COc1cccc(C(=O)Nc2ccc(Oc3ccnc4cc(OC)c(C(N)=O)cc34)c3ccccc23)c1. The van der Waals surface area contributed by atoms with Crippen LogP contribution in [-0.4, -0.2) is 31.0 Å². The van der Waals surface area contributed by atoms with E-state index in [1.807, 2.05) is 24.3 Å². The molecule has 1 heterocycles. The van der Waals surface area contributed by atoms with Crippen molar-refractivity contribution >= 4 is 39.2 Å². The van der Waals surface area contributed by atoms with Gasteiger partial charge >= 0.3 is 0 Å². The Morgan fingerprint density at radius 1 is 0.784 bits per heavy atom. The first-order chi connectivity index (χ1) is 18.0. The van der Waals surface area contributed by atoms with E-state index >= 15 is 0 Å². The van der Waals surface area contributed by atoms with E-state index in [4.69, 9.17) is 19.9 Å². The fourth-order valence-electron chi connectivity index (χ4n) is 4.15. The zero-order valence-electron chi connectivity index (χ0n) is 20.1. The topological polar surface area (TPSA) is 113 Å². The van der Waals surface area contributed by atoms with Gasteiger partial charge in [-0.25, -0.2) is 0 Å². The van der Waals surface area contributed by atoms with Gasteiger partial charge in [0.2, 0.25) is 0 Å². The number of ether oxygens (including phenoxy) is 3. The normalized spacial score (nSPS) is 10.8. The number of nitrogens with two attached hydrogens (primary N) is 1. The first-order valence-corrected chi connectivity index (χ1v) is 11.4. The van der Waals surface area contributed by atoms with Gasteiger partial charge in [-0.1, -0.05) is 30.3 Å². The highest BCUT2D eigenvalue weighted by molar-refractivity contribution is 6.10. The summed E-state index contributed by atoms with van der Waals surface area (Å²) >= 11 is 0. The number of amides is 2. The molecule has 184 valence electrons. The molecule has 0 spiro atoms. The van der Waals surface area contributed by atoms with Crippen molar-refractivity contribution in [3.05, 3.63) is 96.2 Å². The zero-order chi connectivity index (χ0) is 25.9. The third-order valence-electron chi connectivity index (χ3n) is 5.97. The molecule has 0 saturated carbocycles. The number of carbonyl (C=O) groups excluding carboxylic acids is 2. The van der Waals surface area contributed by atoms with Crippen molar-refractivity contribution in [2.24, 2.45) is 5.73 Å². The highest BCUT2D eigenvalue weighted by atomic mass is 16.5. The summed E-state index contributed by atoms with van der Waals surface area (Å²) in [6.07, 6.45) is 1.62. The average molecular weight is 494 g/mol. The van der Waals surface area contributed by atoms with Crippen molar-refractivity contribution in [1.29, 1.82) is 0 Å². The maximum atomic E-state index is 12.9. The van der Waals surface area contributed by atoms with Crippen LogP contribution in [0.4, 0.5) is 5.69 Å². The minimum absolute atomic E-state index is 0.230. The van der Waals surface area contributed by atoms with Crippen molar-refractivity contribution in [3.63, 3.8) is 0 Å². The lowest BCUT2D eigenvalue weighted by Crippen LogP contribution is -2.12. The third kappa shape index (κ3) is 4.60. The number of methoxy groups -OCH3 is 2. The van der Waals surface area contributed by atoms with Crippen LogP contribution in [0.1, 0.15) is 20.7 Å². The van der Waals surface area contributed by atoms with Crippen LogP contribution < -0.4 is 25.3 Å². The fraction of sp³-hybridized carbons (Fsp3) is 0.0690. The first kappa shape index (κ1) is 23.6. The summed E-state index contributed by atoms with van der Waals surface area (Å²) in [5.41, 5.74) is 7.48. The molecule has 0 atom stereocenters. The monoisotopic (exact) mass is 493 g/mol. The van der Waals surface area contributed by atoms with Crippen LogP contribution in [-0.2, 0) is 0 Å². The highest BCUT2D eigenvalue weighted by Crippen LogP contribution is 2.38. The minimum Gasteiger partial charge on any atom is -0.497 e. The molecule has 8 heteroatoms. The second-order valence-electron chi connectivity index (χ2n) is 8.19. The lowest BCUT2D eigenvalue weighted by Gasteiger charge is -2.15. The van der Waals surface area contributed by atoms with E-state index in [0.29, 0.717) is 45.2 Å². The molecule has 0 fully saturated rings. The van der Waals surface area contributed by atoms with Gasteiger partial charge in [-0.15, -0.1) is 0 Å². The van der Waals surface area contributed by atoms with Gasteiger partial charge in [-0.05, 0) is 42.5 Å². The largest absolute Gasteiger partial charge is 0.497 e. The summed E-state index contributed by atoms with van der Waals surface area (Å²) in [4.78, 5) is 29.3. The molecule has 0 unspecified atom stereocenters. The number of fused-ring (bicyclic) bond motifs is 2. The van der Waals surface area contributed by atoms with Crippen molar-refractivity contribution in [2.75, 3.05) is 19.5 Å². The molecule has 37 heavy (non-hydrogen) atoms. The Kier molecular flexibility index (Phi) is 6.30. The van der Waals surface area contributed by atoms with Crippen LogP contribution in [0, 0.1) is 0 Å². The summed E-state index contributed by atoms with van der Waals surface area (Å²) in [5.74, 6) is 1.13. The number of hydrogen-bond acceptors (Lipinski definition) is 6. The van der Waals surface area contributed by atoms with Crippen LogP contribution in [0.5, 0.6) is 23.0 Å². The molecule has 1 aromatic heterocycles. The maximum absolute atomic E-state index is 12.9. The van der Waals surface area contributed by atoms with E-state index in [1.54, 1.807) is 67.9 Å². The van der Waals surface area contributed by atoms with Gasteiger partial charge in [0.05, 0.1) is 25.3 Å². The van der Waals surface area contributed by atoms with Crippen LogP contribution >= 0.6 is 0 Å². The molecular formula is C29H23N3O5. The van der Waals surface area contributed by atoms with Crippen LogP contribution in [0.3, 0.4) is 0 Å². The standard InChI is InChI=1S/C29H23N3O5/c1-35-18-7-5-6-17(14-18)29(34)32-23-10-11-25(20-9-4-3-8-19(20)23)37-26-12-13-31-24-16-27(36-2)22(28(30)33)15-21(24)26/h3-16H,1-2H3,(H2,30,33)(H,32,34). The summed E-state index contributed by atoms with van der Waals surface area (Å²) in [6, 6.07) is 23.1. The first-order valence-electron chi connectivity index (χ1n) is 11.4. The average Bonchev–Trinajstić information content (AvgIpc) is 2.93. The molecule has 0 aliphatic carbocycles. The van der Waals surface area contributed by atoms with Gasteiger partial charge in [0.15, 0.2) is 0 Å². The molecule has 3 N–H and O–H groups in total. The van der Waals surface area contributed by atoms with Crippen LogP contribution in [0.25, 0.3) is 21.7 Å². The molecule has 0 aliphatic heterocycles. The Hall–Kier alpha value is -5.11. The molecule has 5 aromatic rings. The Bertz CT molecular complexity index is 1670. The Morgan fingerprint density at radius 3 is 2.32 bits per heavy atom. The molecule has 8 nitrogen and oxygen atoms in total. The van der Waals surface area contributed by atoms with Crippen LogP contribution in [0.2, 0.25) is 0 Å². The van der Waals surface area contributed by atoms with Gasteiger partial charge < -0.3 is 25.3 Å². The predicted molar refractivity (Wildman–Crippen MR) is 142 cm³/mol. The Balaban J connectivity index is 1.53. The van der Waals surface area contributed by atoms with Crippen LogP contribution in [0.15, 0.2) is 85.1 Å². The number of rotatable bonds is 7. The molecule has 5 rings (SSSR count). The second-order valence-corrected chi connectivity index (χ2v) is 8.19. The second kappa shape index (κ2) is 9.87. The Labute approximate surface area is 212 Å². The number of nitrogens with zero attached hydrogens (tertiary/aromatic N) is 1.